The monoisotopic (exact) mass is 273 g/mol. The van der Waals surface area contributed by atoms with Crippen molar-refractivity contribution in [3.8, 4) is 0 Å². The van der Waals surface area contributed by atoms with Gasteiger partial charge in [0.1, 0.15) is 0 Å². The third kappa shape index (κ3) is 5.14. The Morgan fingerprint density at radius 1 is 1.44 bits per heavy atom. The van der Waals surface area contributed by atoms with Crippen LogP contribution >= 0.6 is 11.3 Å². The Balaban J connectivity index is 2.32. The number of ether oxygens (including phenoxy) is 2. The number of thiophene rings is 1. The SMILES string of the molecule is CCOC(CNCc1cc(C(=O)O)cs1)OCC. The van der Waals surface area contributed by atoms with E-state index in [0.29, 0.717) is 31.9 Å². The molecule has 0 saturated carbocycles. The minimum atomic E-state index is -0.890. The first kappa shape index (κ1) is 15.1. The number of hydrogen-bond donors (Lipinski definition) is 2. The molecule has 102 valence electrons. The second-order valence-corrected chi connectivity index (χ2v) is 4.57. The summed E-state index contributed by atoms with van der Waals surface area (Å²) in [5.41, 5.74) is 0.336. The van der Waals surface area contributed by atoms with Gasteiger partial charge in [0.05, 0.1) is 5.56 Å². The van der Waals surface area contributed by atoms with Crippen molar-refractivity contribution in [2.24, 2.45) is 0 Å². The molecule has 2 N–H and O–H groups in total. The molecule has 0 amide bonds. The highest BCUT2D eigenvalue weighted by molar-refractivity contribution is 7.10. The molecule has 0 aliphatic heterocycles. The summed E-state index contributed by atoms with van der Waals surface area (Å²) in [4.78, 5) is 11.7. The van der Waals surface area contributed by atoms with Crippen LogP contribution in [0.5, 0.6) is 0 Å². The maximum atomic E-state index is 10.7. The Morgan fingerprint density at radius 2 is 2.11 bits per heavy atom. The van der Waals surface area contributed by atoms with Gasteiger partial charge in [-0.3, -0.25) is 0 Å². The van der Waals surface area contributed by atoms with E-state index in [9.17, 15) is 4.79 Å². The number of carboxylic acid groups (broad SMARTS) is 1. The molecule has 0 aliphatic carbocycles. The summed E-state index contributed by atoms with van der Waals surface area (Å²) in [7, 11) is 0. The highest BCUT2D eigenvalue weighted by Crippen LogP contribution is 2.14. The zero-order chi connectivity index (χ0) is 13.4. The van der Waals surface area contributed by atoms with Crippen molar-refractivity contribution in [1.82, 2.24) is 5.32 Å². The molecule has 1 rings (SSSR count). The van der Waals surface area contributed by atoms with Crippen LogP contribution in [0.15, 0.2) is 11.4 Å². The zero-order valence-corrected chi connectivity index (χ0v) is 11.5. The first-order valence-corrected chi connectivity index (χ1v) is 6.80. The maximum Gasteiger partial charge on any atom is 0.336 e. The number of carboxylic acids is 1. The van der Waals surface area contributed by atoms with Crippen LogP contribution in [0, 0.1) is 0 Å². The molecule has 1 aromatic heterocycles. The van der Waals surface area contributed by atoms with Crippen LogP contribution in [-0.2, 0) is 16.0 Å². The van der Waals surface area contributed by atoms with Gasteiger partial charge >= 0.3 is 5.97 Å². The molecule has 6 heteroatoms. The summed E-state index contributed by atoms with van der Waals surface area (Å²) >= 11 is 1.43. The van der Waals surface area contributed by atoms with Crippen LogP contribution in [0.4, 0.5) is 0 Å². The van der Waals surface area contributed by atoms with Crippen LogP contribution in [0.2, 0.25) is 0 Å². The Labute approximate surface area is 111 Å². The molecule has 1 aromatic rings. The lowest BCUT2D eigenvalue weighted by Crippen LogP contribution is -2.31. The molecule has 0 unspecified atom stereocenters. The topological polar surface area (TPSA) is 67.8 Å². The fraction of sp³-hybridized carbons (Fsp3) is 0.583. The van der Waals surface area contributed by atoms with Gasteiger partial charge in [-0.1, -0.05) is 0 Å². The molecule has 0 fully saturated rings. The fourth-order valence-corrected chi connectivity index (χ4v) is 2.26. The summed E-state index contributed by atoms with van der Waals surface area (Å²) in [6, 6.07) is 1.68. The van der Waals surface area contributed by atoms with E-state index in [0.717, 1.165) is 4.88 Å². The lowest BCUT2D eigenvalue weighted by molar-refractivity contribution is -0.133. The standard InChI is InChI=1S/C12H19NO4S/c1-3-16-11(17-4-2)7-13-6-10-5-9(8-18-10)12(14)15/h5,8,11,13H,3-4,6-7H2,1-2H3,(H,14,15). The largest absolute Gasteiger partial charge is 0.478 e. The van der Waals surface area contributed by atoms with Gasteiger partial charge in [0, 0.05) is 36.6 Å². The number of hydrogen-bond acceptors (Lipinski definition) is 5. The minimum absolute atomic E-state index is 0.251. The number of nitrogens with one attached hydrogen (secondary N) is 1. The van der Waals surface area contributed by atoms with Gasteiger partial charge in [0.25, 0.3) is 0 Å². The van der Waals surface area contributed by atoms with E-state index in [1.165, 1.54) is 11.3 Å². The Kier molecular flexibility index (Phi) is 6.89. The van der Waals surface area contributed by atoms with Gasteiger partial charge < -0.3 is 19.9 Å². The van der Waals surface area contributed by atoms with Gasteiger partial charge in [0.2, 0.25) is 0 Å². The summed E-state index contributed by atoms with van der Waals surface area (Å²) in [6.07, 6.45) is -0.251. The van der Waals surface area contributed by atoms with Crippen LogP contribution in [0.25, 0.3) is 0 Å². The van der Waals surface area contributed by atoms with Crippen molar-refractivity contribution in [1.29, 1.82) is 0 Å². The second-order valence-electron chi connectivity index (χ2n) is 3.58. The summed E-state index contributed by atoms with van der Waals surface area (Å²) < 4.78 is 10.8. The molecule has 0 saturated heterocycles. The van der Waals surface area contributed by atoms with Crippen LogP contribution in [0.1, 0.15) is 29.1 Å². The highest BCUT2D eigenvalue weighted by Gasteiger charge is 2.09. The van der Waals surface area contributed by atoms with Crippen LogP contribution in [-0.4, -0.2) is 37.1 Å². The van der Waals surface area contributed by atoms with Crippen molar-refractivity contribution in [2.75, 3.05) is 19.8 Å². The fourth-order valence-electron chi connectivity index (χ4n) is 1.44. The molecule has 1 heterocycles. The minimum Gasteiger partial charge on any atom is -0.478 e. The Bertz CT molecular complexity index is 361. The zero-order valence-electron chi connectivity index (χ0n) is 10.6. The average molecular weight is 273 g/mol. The van der Waals surface area contributed by atoms with Crippen molar-refractivity contribution >= 4 is 17.3 Å². The Morgan fingerprint density at radius 3 is 2.61 bits per heavy atom. The van der Waals surface area contributed by atoms with Crippen molar-refractivity contribution in [2.45, 2.75) is 26.7 Å². The van der Waals surface area contributed by atoms with Crippen molar-refractivity contribution in [3.63, 3.8) is 0 Å². The van der Waals surface area contributed by atoms with Crippen molar-refractivity contribution < 1.29 is 19.4 Å². The number of aromatic carboxylic acids is 1. The molecule has 0 atom stereocenters. The van der Waals surface area contributed by atoms with Gasteiger partial charge in [-0.2, -0.15) is 0 Å². The molecule has 0 aromatic carbocycles. The number of rotatable bonds is 9. The van der Waals surface area contributed by atoms with E-state index >= 15 is 0 Å². The lowest BCUT2D eigenvalue weighted by atomic mass is 10.3. The van der Waals surface area contributed by atoms with E-state index in [1.54, 1.807) is 11.4 Å². The first-order valence-electron chi connectivity index (χ1n) is 5.92. The maximum absolute atomic E-state index is 10.7. The van der Waals surface area contributed by atoms with E-state index in [-0.39, 0.29) is 6.29 Å². The molecule has 5 nitrogen and oxygen atoms in total. The third-order valence-electron chi connectivity index (χ3n) is 2.22. The highest BCUT2D eigenvalue weighted by atomic mass is 32.1. The molecule has 0 radical (unpaired) electrons. The molecule has 0 spiro atoms. The molecule has 0 aliphatic rings. The quantitative estimate of drug-likeness (QED) is 0.673. The summed E-state index contributed by atoms with van der Waals surface area (Å²) in [6.45, 7) is 6.26. The van der Waals surface area contributed by atoms with Gasteiger partial charge in [0.15, 0.2) is 6.29 Å². The van der Waals surface area contributed by atoms with Crippen LogP contribution < -0.4 is 5.32 Å². The normalized spacial score (nSPS) is 11.1. The first-order chi connectivity index (χ1) is 8.67. The molecular weight excluding hydrogens is 254 g/mol. The average Bonchev–Trinajstić information content (AvgIpc) is 2.78. The second kappa shape index (κ2) is 8.20. The molecule has 18 heavy (non-hydrogen) atoms. The summed E-state index contributed by atoms with van der Waals surface area (Å²) in [5.74, 6) is -0.890. The third-order valence-corrected chi connectivity index (χ3v) is 3.15. The van der Waals surface area contributed by atoms with Gasteiger partial charge in [-0.25, -0.2) is 4.79 Å². The van der Waals surface area contributed by atoms with Gasteiger partial charge in [-0.15, -0.1) is 11.3 Å². The van der Waals surface area contributed by atoms with E-state index in [2.05, 4.69) is 5.32 Å². The Hall–Kier alpha value is -0.950. The smallest absolute Gasteiger partial charge is 0.336 e. The van der Waals surface area contributed by atoms with E-state index in [4.69, 9.17) is 14.6 Å². The predicted octanol–water partition coefficient (Wildman–Crippen LogP) is 1.93. The van der Waals surface area contributed by atoms with Crippen LogP contribution in [0.3, 0.4) is 0 Å². The number of carbonyl (C=O) groups is 1. The van der Waals surface area contributed by atoms with E-state index in [1.807, 2.05) is 13.8 Å². The predicted molar refractivity (Wildman–Crippen MR) is 70.0 cm³/mol. The van der Waals surface area contributed by atoms with Gasteiger partial charge in [-0.05, 0) is 19.9 Å². The van der Waals surface area contributed by atoms with E-state index < -0.39 is 5.97 Å². The lowest BCUT2D eigenvalue weighted by Gasteiger charge is -2.17. The van der Waals surface area contributed by atoms with Crippen molar-refractivity contribution in [3.05, 3.63) is 21.9 Å². The summed E-state index contributed by atoms with van der Waals surface area (Å²) in [5, 5.41) is 13.6. The molecule has 0 bridgehead atoms. The molecular formula is C12H19NO4S.